The summed E-state index contributed by atoms with van der Waals surface area (Å²) in [6, 6.07) is 11.9. The summed E-state index contributed by atoms with van der Waals surface area (Å²) in [6.45, 7) is 2.82. The Balaban J connectivity index is 2.02. The molecule has 0 atom stereocenters. The molecule has 28 heavy (non-hydrogen) atoms. The normalized spacial score (nSPS) is 11.6. The van der Waals surface area contributed by atoms with Gasteiger partial charge in [-0.25, -0.2) is 0 Å². The molecule has 6 heteroatoms. The number of methoxy groups -OCH3 is 2. The zero-order valence-electron chi connectivity index (χ0n) is 16.0. The molecule has 3 aromatic rings. The minimum Gasteiger partial charge on any atom is -0.496 e. The lowest BCUT2D eigenvalue weighted by Gasteiger charge is -2.10. The van der Waals surface area contributed by atoms with Crippen molar-refractivity contribution in [3.8, 4) is 16.9 Å². The highest BCUT2D eigenvalue weighted by Crippen LogP contribution is 2.37. The third-order valence-corrected chi connectivity index (χ3v) is 4.90. The van der Waals surface area contributed by atoms with Gasteiger partial charge in [-0.2, -0.15) is 0 Å². The molecule has 1 aromatic heterocycles. The van der Waals surface area contributed by atoms with Crippen molar-refractivity contribution >= 4 is 38.4 Å². The van der Waals surface area contributed by atoms with Crippen molar-refractivity contribution in [1.82, 2.24) is 5.32 Å². The van der Waals surface area contributed by atoms with E-state index < -0.39 is 0 Å². The van der Waals surface area contributed by atoms with Gasteiger partial charge in [-0.15, -0.1) is 0 Å². The molecule has 1 heterocycles. The summed E-state index contributed by atoms with van der Waals surface area (Å²) in [7, 11) is 3.20. The highest BCUT2D eigenvalue weighted by molar-refractivity contribution is 9.10. The predicted molar refractivity (Wildman–Crippen MR) is 114 cm³/mol. The molecule has 0 radical (unpaired) electrons. The molecule has 3 rings (SSSR count). The average molecular weight is 444 g/mol. The molecule has 0 fully saturated rings. The van der Waals surface area contributed by atoms with E-state index in [2.05, 4.69) is 21.2 Å². The molecule has 0 aliphatic heterocycles. The van der Waals surface area contributed by atoms with Crippen LogP contribution in [0.5, 0.6) is 5.75 Å². The Hall–Kier alpha value is -2.57. The van der Waals surface area contributed by atoms with Crippen molar-refractivity contribution in [3.05, 3.63) is 58.8 Å². The number of hydrogen-bond acceptors (Lipinski definition) is 4. The second-order valence-electron chi connectivity index (χ2n) is 6.32. The molecular weight excluding hydrogens is 422 g/mol. The van der Waals surface area contributed by atoms with E-state index in [4.69, 9.17) is 13.9 Å². The van der Waals surface area contributed by atoms with Crippen LogP contribution in [0.15, 0.2) is 57.6 Å². The summed E-state index contributed by atoms with van der Waals surface area (Å²) in [5.74, 6) is 0.484. The van der Waals surface area contributed by atoms with Crippen LogP contribution in [0.25, 0.3) is 27.7 Å². The first-order chi connectivity index (χ1) is 13.5. The fraction of sp³-hybridized carbons (Fsp3) is 0.227. The number of allylic oxidation sites excluding steroid dienone is 1. The largest absolute Gasteiger partial charge is 0.496 e. The summed E-state index contributed by atoms with van der Waals surface area (Å²) in [6.07, 6.45) is 3.31. The lowest BCUT2D eigenvalue weighted by Crippen LogP contribution is -2.25. The summed E-state index contributed by atoms with van der Waals surface area (Å²) in [5, 5.41) is 3.75. The molecule has 2 aromatic carbocycles. The smallest absolute Gasteiger partial charge is 0.244 e. The van der Waals surface area contributed by atoms with E-state index in [1.807, 2.05) is 43.3 Å². The molecule has 1 amide bonds. The number of halogens is 1. The Bertz CT molecular complexity index is 1020. The van der Waals surface area contributed by atoms with Gasteiger partial charge in [-0.05, 0) is 36.3 Å². The van der Waals surface area contributed by atoms with Crippen LogP contribution >= 0.6 is 15.9 Å². The predicted octanol–water partition coefficient (Wildman–Crippen LogP) is 5.04. The highest BCUT2D eigenvalue weighted by Gasteiger charge is 2.15. The van der Waals surface area contributed by atoms with Gasteiger partial charge in [0, 0.05) is 46.8 Å². The summed E-state index contributed by atoms with van der Waals surface area (Å²) in [5.41, 5.74) is 4.40. The molecule has 1 N–H and O–H groups in total. The van der Waals surface area contributed by atoms with Gasteiger partial charge in [-0.1, -0.05) is 28.1 Å². The summed E-state index contributed by atoms with van der Waals surface area (Å²) >= 11 is 3.51. The SMILES string of the molecule is COCCNC(=O)/C=C(\C)c1cc2c(-c3cccc(Br)c3)coc2cc1OC. The third-order valence-electron chi connectivity index (χ3n) is 4.41. The van der Waals surface area contributed by atoms with Crippen molar-refractivity contribution in [2.24, 2.45) is 0 Å². The number of fused-ring (bicyclic) bond motifs is 1. The van der Waals surface area contributed by atoms with Gasteiger partial charge in [0.2, 0.25) is 5.91 Å². The van der Waals surface area contributed by atoms with Crippen LogP contribution in [0.3, 0.4) is 0 Å². The fourth-order valence-electron chi connectivity index (χ4n) is 3.01. The second-order valence-corrected chi connectivity index (χ2v) is 7.24. The van der Waals surface area contributed by atoms with Crippen LogP contribution in [-0.2, 0) is 9.53 Å². The first-order valence-electron chi connectivity index (χ1n) is 8.84. The van der Waals surface area contributed by atoms with E-state index >= 15 is 0 Å². The molecule has 0 bridgehead atoms. The number of ether oxygens (including phenoxy) is 2. The van der Waals surface area contributed by atoms with Gasteiger partial charge in [0.1, 0.15) is 11.3 Å². The first kappa shape index (κ1) is 20.2. The molecule has 0 aliphatic carbocycles. The van der Waals surface area contributed by atoms with Gasteiger partial charge in [0.25, 0.3) is 0 Å². The molecule has 146 valence electrons. The van der Waals surface area contributed by atoms with Gasteiger partial charge < -0.3 is 19.2 Å². The minimum absolute atomic E-state index is 0.170. The van der Waals surface area contributed by atoms with E-state index in [0.29, 0.717) is 18.9 Å². The van der Waals surface area contributed by atoms with Crippen LogP contribution < -0.4 is 10.1 Å². The van der Waals surface area contributed by atoms with Crippen molar-refractivity contribution < 1.29 is 18.7 Å². The van der Waals surface area contributed by atoms with Gasteiger partial charge in [0.15, 0.2) is 0 Å². The van der Waals surface area contributed by atoms with Gasteiger partial charge in [0.05, 0.1) is 20.0 Å². The third kappa shape index (κ3) is 4.46. The maximum Gasteiger partial charge on any atom is 0.244 e. The Kier molecular flexibility index (Phi) is 6.54. The van der Waals surface area contributed by atoms with Crippen molar-refractivity contribution in [2.75, 3.05) is 27.4 Å². The number of amides is 1. The maximum absolute atomic E-state index is 12.1. The number of carbonyl (C=O) groups excluding carboxylic acids is 1. The molecular formula is C22H22BrNO4. The molecule has 0 spiro atoms. The molecule has 0 saturated carbocycles. The van der Waals surface area contributed by atoms with E-state index in [1.54, 1.807) is 26.6 Å². The Labute approximate surface area is 172 Å². The fourth-order valence-corrected chi connectivity index (χ4v) is 3.41. The van der Waals surface area contributed by atoms with Crippen LogP contribution in [0, 0.1) is 0 Å². The lowest BCUT2D eigenvalue weighted by atomic mass is 9.99. The number of benzene rings is 2. The maximum atomic E-state index is 12.1. The summed E-state index contributed by atoms with van der Waals surface area (Å²) < 4.78 is 17.2. The highest BCUT2D eigenvalue weighted by atomic mass is 79.9. The van der Waals surface area contributed by atoms with Crippen LogP contribution in [0.4, 0.5) is 0 Å². The quantitative estimate of drug-likeness (QED) is 0.410. The first-order valence-corrected chi connectivity index (χ1v) is 9.63. The second kappa shape index (κ2) is 9.08. The number of rotatable bonds is 7. The van der Waals surface area contributed by atoms with Gasteiger partial charge in [-0.3, -0.25) is 4.79 Å². The van der Waals surface area contributed by atoms with Gasteiger partial charge >= 0.3 is 0 Å². The average Bonchev–Trinajstić information content (AvgIpc) is 3.10. The Morgan fingerprint density at radius 3 is 2.79 bits per heavy atom. The molecule has 0 saturated heterocycles. The number of carbonyl (C=O) groups is 1. The van der Waals surface area contributed by atoms with Crippen molar-refractivity contribution in [1.29, 1.82) is 0 Å². The summed E-state index contributed by atoms with van der Waals surface area (Å²) in [4.78, 5) is 12.1. The zero-order chi connectivity index (χ0) is 20.1. The van der Waals surface area contributed by atoms with Crippen LogP contribution in [-0.4, -0.2) is 33.3 Å². The van der Waals surface area contributed by atoms with Crippen LogP contribution in [0.1, 0.15) is 12.5 Å². The standard InChI is InChI=1S/C22H22BrNO4/c1-14(9-22(25)24-7-8-26-2)17-11-18-19(15-5-4-6-16(23)10-15)13-28-21(18)12-20(17)27-3/h4-6,9-13H,7-8H2,1-3H3,(H,24,25)/b14-9+. The zero-order valence-corrected chi connectivity index (χ0v) is 17.6. The minimum atomic E-state index is -0.170. The number of furan rings is 1. The van der Waals surface area contributed by atoms with E-state index in [-0.39, 0.29) is 5.91 Å². The van der Waals surface area contributed by atoms with E-state index in [9.17, 15) is 4.79 Å². The Morgan fingerprint density at radius 1 is 1.25 bits per heavy atom. The van der Waals surface area contributed by atoms with Crippen molar-refractivity contribution in [3.63, 3.8) is 0 Å². The van der Waals surface area contributed by atoms with E-state index in [1.165, 1.54) is 0 Å². The Morgan fingerprint density at radius 2 is 2.07 bits per heavy atom. The number of nitrogens with one attached hydrogen (secondary N) is 1. The topological polar surface area (TPSA) is 60.7 Å². The molecule has 0 unspecified atom stereocenters. The molecule has 0 aliphatic rings. The molecule has 5 nitrogen and oxygen atoms in total. The van der Waals surface area contributed by atoms with Crippen molar-refractivity contribution in [2.45, 2.75) is 6.92 Å². The monoisotopic (exact) mass is 443 g/mol. The lowest BCUT2D eigenvalue weighted by molar-refractivity contribution is -0.116. The van der Waals surface area contributed by atoms with E-state index in [0.717, 1.165) is 37.7 Å². The number of hydrogen-bond donors (Lipinski definition) is 1. The van der Waals surface area contributed by atoms with Crippen LogP contribution in [0.2, 0.25) is 0 Å².